The molecule has 0 saturated carbocycles. The van der Waals surface area contributed by atoms with Crippen molar-refractivity contribution in [3.63, 3.8) is 0 Å². The molecule has 0 radical (unpaired) electrons. The summed E-state index contributed by atoms with van der Waals surface area (Å²) in [5.41, 5.74) is 0. The Labute approximate surface area is 514 Å². The number of hydrogen-bond donors (Lipinski definition) is 0. The summed E-state index contributed by atoms with van der Waals surface area (Å²) in [5.74, 6) is -0.917. The molecule has 0 aliphatic heterocycles. The minimum absolute atomic E-state index is 0.0925. The van der Waals surface area contributed by atoms with Crippen molar-refractivity contribution < 1.29 is 28.6 Å². The molecule has 0 aromatic heterocycles. The summed E-state index contributed by atoms with van der Waals surface area (Å²) in [4.78, 5) is 38.5. The van der Waals surface area contributed by atoms with Crippen LogP contribution in [0.4, 0.5) is 0 Å². The van der Waals surface area contributed by atoms with Crippen LogP contribution < -0.4 is 0 Å². The normalized spacial score (nSPS) is 12.8. The van der Waals surface area contributed by atoms with E-state index in [0.29, 0.717) is 12.8 Å². The highest BCUT2D eigenvalue weighted by molar-refractivity contribution is 5.71. The topological polar surface area (TPSA) is 78.9 Å². The Kier molecular flexibility index (Phi) is 67.2. The molecule has 1 atom stereocenters. The summed E-state index contributed by atoms with van der Waals surface area (Å²) < 4.78 is 17.0. The molecule has 0 bridgehead atoms. The van der Waals surface area contributed by atoms with E-state index in [1.165, 1.54) is 193 Å². The fraction of sp³-hybridized carbons (Fsp3) is 0.727. The fourth-order valence-electron chi connectivity index (χ4n) is 9.94. The van der Waals surface area contributed by atoms with Crippen molar-refractivity contribution in [3.8, 4) is 0 Å². The van der Waals surface area contributed by atoms with Crippen LogP contribution in [-0.4, -0.2) is 37.2 Å². The molecule has 0 aromatic carbocycles. The molecule has 6 heteroatoms. The Morgan fingerprint density at radius 1 is 0.253 bits per heavy atom. The first-order chi connectivity index (χ1) is 41.0. The average Bonchev–Trinajstić information content (AvgIpc) is 3.49. The number of rotatable bonds is 64. The third-order valence-electron chi connectivity index (χ3n) is 15.2. The number of hydrogen-bond acceptors (Lipinski definition) is 6. The molecule has 0 saturated heterocycles. The SMILES string of the molecule is CC/C=C\C/C=C\C/C=C\C/C=C\C/C=C\CCCCCC(=O)OC(COC(=O)CCCCCCCCC/C=C\CCCCCCCC)COC(=O)CCCCCCCCCCCCCCCC/C=C\C/C=C\C/C=C\CCCCCCC. The zero-order chi connectivity index (χ0) is 59.9. The number of unbranched alkanes of at least 4 members (excludes halogenated alkanes) is 35. The lowest BCUT2D eigenvalue weighted by molar-refractivity contribution is -0.167. The summed E-state index contributed by atoms with van der Waals surface area (Å²) in [5, 5.41) is 0. The van der Waals surface area contributed by atoms with E-state index in [2.05, 4.69) is 130 Å². The Balaban J connectivity index is 4.35. The zero-order valence-electron chi connectivity index (χ0n) is 54.7. The maximum atomic E-state index is 12.9. The van der Waals surface area contributed by atoms with E-state index < -0.39 is 6.10 Å². The Bertz CT molecular complexity index is 1660. The molecule has 6 nitrogen and oxygen atoms in total. The maximum absolute atomic E-state index is 12.9. The van der Waals surface area contributed by atoms with Crippen LogP contribution in [-0.2, 0) is 28.6 Å². The van der Waals surface area contributed by atoms with Crippen LogP contribution in [0.5, 0.6) is 0 Å². The minimum atomic E-state index is -0.801. The highest BCUT2D eigenvalue weighted by atomic mass is 16.6. The van der Waals surface area contributed by atoms with E-state index in [1.807, 2.05) is 0 Å². The molecule has 0 aliphatic carbocycles. The van der Waals surface area contributed by atoms with Crippen molar-refractivity contribution in [2.45, 2.75) is 348 Å². The maximum Gasteiger partial charge on any atom is 0.306 e. The number of ether oxygens (including phenoxy) is 3. The molecule has 0 aromatic rings. The van der Waals surface area contributed by atoms with Crippen molar-refractivity contribution in [2.24, 2.45) is 0 Å². The molecule has 476 valence electrons. The molecule has 0 aliphatic rings. The van der Waals surface area contributed by atoms with Crippen molar-refractivity contribution in [3.05, 3.63) is 109 Å². The monoisotopic (exact) mass is 1150 g/mol. The van der Waals surface area contributed by atoms with Gasteiger partial charge in [-0.25, -0.2) is 0 Å². The van der Waals surface area contributed by atoms with Gasteiger partial charge in [0, 0.05) is 19.3 Å². The lowest BCUT2D eigenvalue weighted by Gasteiger charge is -2.18. The van der Waals surface area contributed by atoms with Gasteiger partial charge in [0.05, 0.1) is 0 Å². The predicted molar refractivity (Wildman–Crippen MR) is 362 cm³/mol. The van der Waals surface area contributed by atoms with Crippen LogP contribution in [0.1, 0.15) is 342 Å². The molecule has 0 heterocycles. The average molecular weight is 1150 g/mol. The predicted octanol–water partition coefficient (Wildman–Crippen LogP) is 24.6. The largest absolute Gasteiger partial charge is 0.462 e. The van der Waals surface area contributed by atoms with Crippen LogP contribution >= 0.6 is 0 Å². The van der Waals surface area contributed by atoms with Crippen LogP contribution in [0, 0.1) is 0 Å². The molecule has 0 fully saturated rings. The third kappa shape index (κ3) is 68.7. The van der Waals surface area contributed by atoms with Crippen LogP contribution in [0.25, 0.3) is 0 Å². The first-order valence-corrected chi connectivity index (χ1v) is 35.4. The zero-order valence-corrected chi connectivity index (χ0v) is 54.7. The molecule has 83 heavy (non-hydrogen) atoms. The van der Waals surface area contributed by atoms with Crippen molar-refractivity contribution in [1.82, 2.24) is 0 Å². The lowest BCUT2D eigenvalue weighted by atomic mass is 10.0. The fourth-order valence-corrected chi connectivity index (χ4v) is 9.94. The molecule has 0 amide bonds. The summed E-state index contributed by atoms with van der Waals surface area (Å²) in [6, 6.07) is 0. The van der Waals surface area contributed by atoms with Gasteiger partial charge in [-0.15, -0.1) is 0 Å². The molecule has 1 unspecified atom stereocenters. The van der Waals surface area contributed by atoms with Crippen molar-refractivity contribution in [1.29, 1.82) is 0 Å². The van der Waals surface area contributed by atoms with Gasteiger partial charge < -0.3 is 14.2 Å². The van der Waals surface area contributed by atoms with Gasteiger partial charge in [-0.1, -0.05) is 304 Å². The molecular weight excluding hydrogens is 1020 g/mol. The lowest BCUT2D eigenvalue weighted by Crippen LogP contribution is -2.30. The second-order valence-electron chi connectivity index (χ2n) is 23.4. The van der Waals surface area contributed by atoms with Gasteiger partial charge in [-0.3, -0.25) is 14.4 Å². The van der Waals surface area contributed by atoms with E-state index in [4.69, 9.17) is 14.2 Å². The van der Waals surface area contributed by atoms with Gasteiger partial charge in [0.2, 0.25) is 0 Å². The molecule has 0 rings (SSSR count). The Hall–Kier alpha value is -3.93. The first-order valence-electron chi connectivity index (χ1n) is 35.4. The van der Waals surface area contributed by atoms with Gasteiger partial charge in [0.1, 0.15) is 13.2 Å². The molecule has 0 spiro atoms. The highest BCUT2D eigenvalue weighted by Crippen LogP contribution is 2.17. The number of carbonyl (C=O) groups excluding carboxylic acids is 3. The minimum Gasteiger partial charge on any atom is -0.462 e. The van der Waals surface area contributed by atoms with Gasteiger partial charge in [0.15, 0.2) is 6.10 Å². The summed E-state index contributed by atoms with van der Waals surface area (Å²) in [7, 11) is 0. The second kappa shape index (κ2) is 70.6. The quantitative estimate of drug-likeness (QED) is 0.0261. The van der Waals surface area contributed by atoms with Crippen LogP contribution in [0.15, 0.2) is 109 Å². The Morgan fingerprint density at radius 2 is 0.470 bits per heavy atom. The Morgan fingerprint density at radius 3 is 0.759 bits per heavy atom. The van der Waals surface area contributed by atoms with E-state index >= 15 is 0 Å². The van der Waals surface area contributed by atoms with Crippen LogP contribution in [0.3, 0.4) is 0 Å². The van der Waals surface area contributed by atoms with E-state index in [9.17, 15) is 14.4 Å². The first kappa shape index (κ1) is 79.1. The van der Waals surface area contributed by atoms with E-state index in [0.717, 1.165) is 109 Å². The van der Waals surface area contributed by atoms with Gasteiger partial charge in [-0.2, -0.15) is 0 Å². The standard InChI is InChI=1S/C77H132O6/c1-4-7-10-13-16-19-22-25-28-31-33-34-35-36-37-38-39-40-41-42-44-46-49-52-55-58-61-64-67-70-76(79)82-73-74(72-81-75(78)69-66-63-60-57-54-51-48-45-30-27-24-21-18-15-12-9-6-3)83-77(80)71-68-65-62-59-56-53-50-47-43-32-29-26-23-20-17-14-11-8-5-2/h8,11,17,20,22,25-27,29-31,33,35-36,43,47,53,56,74H,4-7,9-10,12-16,18-19,21,23-24,28,32,34,37-42,44-46,48-52,54-55,57-73H2,1-3H3/b11-8-,20-17-,25-22-,29-26-,30-27-,33-31-,36-35-,47-43-,56-53-. The molecular formula is C77H132O6. The van der Waals surface area contributed by atoms with Gasteiger partial charge >= 0.3 is 17.9 Å². The number of carbonyl (C=O) groups is 3. The smallest absolute Gasteiger partial charge is 0.306 e. The summed E-state index contributed by atoms with van der Waals surface area (Å²) in [6.45, 7) is 6.51. The second-order valence-corrected chi connectivity index (χ2v) is 23.4. The molecule has 0 N–H and O–H groups in total. The highest BCUT2D eigenvalue weighted by Gasteiger charge is 2.19. The van der Waals surface area contributed by atoms with Crippen molar-refractivity contribution >= 4 is 17.9 Å². The number of esters is 3. The van der Waals surface area contributed by atoms with Crippen molar-refractivity contribution in [2.75, 3.05) is 13.2 Å². The van der Waals surface area contributed by atoms with E-state index in [-0.39, 0.29) is 37.5 Å². The van der Waals surface area contributed by atoms with Gasteiger partial charge in [-0.05, 0) is 128 Å². The summed E-state index contributed by atoms with van der Waals surface area (Å²) in [6.07, 6.45) is 96.8. The van der Waals surface area contributed by atoms with E-state index in [1.54, 1.807) is 0 Å². The van der Waals surface area contributed by atoms with Gasteiger partial charge in [0.25, 0.3) is 0 Å². The summed E-state index contributed by atoms with van der Waals surface area (Å²) >= 11 is 0. The van der Waals surface area contributed by atoms with Crippen LogP contribution in [0.2, 0.25) is 0 Å². The third-order valence-corrected chi connectivity index (χ3v) is 15.2. The number of allylic oxidation sites excluding steroid dienone is 18.